The number of aliphatic hydroxyl groups excluding tert-OH is 2. The molecule has 7 heteroatoms. The maximum atomic E-state index is 8.11. The molecule has 0 amide bonds. The van der Waals surface area contributed by atoms with Crippen LogP contribution in [0.4, 0.5) is 0 Å². The molecule has 0 aliphatic carbocycles. The number of hydrogen-bond donors (Lipinski definition) is 5. The Morgan fingerprint density at radius 1 is 1.40 bits per heavy atom. The van der Waals surface area contributed by atoms with Crippen LogP contribution in [0.15, 0.2) is 0 Å². The molecule has 0 heterocycles. The van der Waals surface area contributed by atoms with Gasteiger partial charge in [-0.2, -0.15) is 0 Å². The molecule has 0 aliphatic heterocycles. The fourth-order valence-corrected chi connectivity index (χ4v) is 0. The first kappa shape index (κ1) is 17.1. The summed E-state index contributed by atoms with van der Waals surface area (Å²) in [6.45, 7) is 1.39. The first-order chi connectivity index (χ1) is 4.00. The van der Waals surface area contributed by atoms with Crippen molar-refractivity contribution < 1.29 is 56.3 Å². The zero-order valence-corrected chi connectivity index (χ0v) is 8.10. The van der Waals surface area contributed by atoms with Crippen LogP contribution >= 0.6 is 0 Å². The quantitative estimate of drug-likeness (QED) is 0.247. The van der Waals surface area contributed by atoms with Gasteiger partial charge in [0.15, 0.2) is 0 Å². The van der Waals surface area contributed by atoms with Gasteiger partial charge in [0.2, 0.25) is 0 Å². The fraction of sp³-hybridized carbons (Fsp3) is 1.00. The standard InChI is InChI=1S/C3H8O2.BH3O3.Na.H/c1-3(5)2-4;2-1(3)4;;/h3-5H,2H2,1H3;2-4H;;/q;;+1;-1. The van der Waals surface area contributed by atoms with E-state index in [0.29, 0.717) is 0 Å². The van der Waals surface area contributed by atoms with E-state index in [2.05, 4.69) is 0 Å². The Kier molecular flexibility index (Phi) is 21.4. The average molecular weight is 162 g/mol. The number of aliphatic hydroxyl groups is 2. The summed E-state index contributed by atoms with van der Waals surface area (Å²) in [5.41, 5.74) is 0. The molecule has 5 N–H and O–H groups in total. The molecule has 0 radical (unpaired) electrons. The molecule has 0 saturated heterocycles. The van der Waals surface area contributed by atoms with Gasteiger partial charge in [0.1, 0.15) is 0 Å². The van der Waals surface area contributed by atoms with Crippen molar-refractivity contribution in [3.63, 3.8) is 0 Å². The van der Waals surface area contributed by atoms with Crippen molar-refractivity contribution >= 4 is 7.32 Å². The molecule has 0 spiro atoms. The van der Waals surface area contributed by atoms with Crippen LogP contribution in [-0.2, 0) is 0 Å². The summed E-state index contributed by atoms with van der Waals surface area (Å²) in [6.07, 6.45) is -0.560. The molecule has 0 aliphatic rings. The van der Waals surface area contributed by atoms with Crippen LogP contribution in [-0.4, -0.2) is 45.3 Å². The predicted molar refractivity (Wildman–Crippen MR) is 32.3 cm³/mol. The molecule has 5 nitrogen and oxygen atoms in total. The minimum Gasteiger partial charge on any atom is -1.00 e. The first-order valence-electron chi connectivity index (χ1n) is 2.33. The minimum absolute atomic E-state index is 0. The van der Waals surface area contributed by atoms with Crippen LogP contribution in [0.2, 0.25) is 0 Å². The summed E-state index contributed by atoms with van der Waals surface area (Å²) in [5, 5.41) is 37.5. The topological polar surface area (TPSA) is 101 Å². The van der Waals surface area contributed by atoms with Crippen molar-refractivity contribution in [2.45, 2.75) is 13.0 Å². The van der Waals surface area contributed by atoms with Gasteiger partial charge in [0, 0.05) is 0 Å². The third kappa shape index (κ3) is 66.8. The normalized spacial score (nSPS) is 10.2. The monoisotopic (exact) mass is 162 g/mol. The van der Waals surface area contributed by atoms with Gasteiger partial charge in [-0.25, -0.2) is 0 Å². The molecule has 0 aromatic heterocycles. The Morgan fingerprint density at radius 2 is 1.50 bits per heavy atom. The van der Waals surface area contributed by atoms with Gasteiger partial charge in [-0.05, 0) is 6.92 Å². The zero-order valence-electron chi connectivity index (χ0n) is 7.10. The Bertz CT molecular complexity index is 54.2. The van der Waals surface area contributed by atoms with Crippen molar-refractivity contribution in [1.82, 2.24) is 0 Å². The summed E-state index contributed by atoms with van der Waals surface area (Å²) in [6, 6.07) is 0. The molecule has 0 rings (SSSR count). The summed E-state index contributed by atoms with van der Waals surface area (Å²) >= 11 is 0. The van der Waals surface area contributed by atoms with E-state index in [0.717, 1.165) is 0 Å². The van der Waals surface area contributed by atoms with E-state index in [1.807, 2.05) is 0 Å². The molecule has 0 aromatic carbocycles. The van der Waals surface area contributed by atoms with E-state index in [1.54, 1.807) is 0 Å². The molecular weight excluding hydrogens is 150 g/mol. The van der Waals surface area contributed by atoms with Crippen LogP contribution in [0.25, 0.3) is 0 Å². The summed E-state index contributed by atoms with van der Waals surface area (Å²) in [5.74, 6) is 0. The summed E-state index contributed by atoms with van der Waals surface area (Å²) in [4.78, 5) is 0. The van der Waals surface area contributed by atoms with Gasteiger partial charge in [-0.1, -0.05) is 0 Å². The Morgan fingerprint density at radius 3 is 1.50 bits per heavy atom. The summed E-state index contributed by atoms with van der Waals surface area (Å²) < 4.78 is 0. The Balaban J connectivity index is -0.0000000383. The number of hydrogen-bond acceptors (Lipinski definition) is 5. The first-order valence-corrected chi connectivity index (χ1v) is 2.33. The van der Waals surface area contributed by atoms with Crippen LogP contribution in [0, 0.1) is 0 Å². The zero-order chi connectivity index (χ0) is 7.86. The molecular formula is C3H12BNaO5. The molecule has 0 fully saturated rings. The van der Waals surface area contributed by atoms with E-state index >= 15 is 0 Å². The van der Waals surface area contributed by atoms with E-state index in [9.17, 15) is 0 Å². The van der Waals surface area contributed by atoms with Gasteiger partial charge in [-0.3, -0.25) is 0 Å². The van der Waals surface area contributed by atoms with Crippen molar-refractivity contribution in [3.8, 4) is 0 Å². The average Bonchev–Trinajstić information content (AvgIpc) is 1.65. The molecule has 0 aromatic rings. The van der Waals surface area contributed by atoms with Gasteiger partial charge in [0.05, 0.1) is 12.7 Å². The molecule has 0 bridgehead atoms. The Labute approximate surface area is 83.3 Å². The SMILES string of the molecule is CC(O)CO.OB(O)O.[H-].[Na+]. The molecule has 1 unspecified atom stereocenters. The third-order valence-corrected chi connectivity index (χ3v) is 0.264. The molecule has 1 atom stereocenters. The van der Waals surface area contributed by atoms with Crippen LogP contribution in [0.3, 0.4) is 0 Å². The van der Waals surface area contributed by atoms with Crippen molar-refractivity contribution in [2.24, 2.45) is 0 Å². The number of rotatable bonds is 1. The minimum atomic E-state index is -2.17. The molecule has 10 heavy (non-hydrogen) atoms. The van der Waals surface area contributed by atoms with Gasteiger partial charge < -0.3 is 26.7 Å². The van der Waals surface area contributed by atoms with E-state index in [-0.39, 0.29) is 37.6 Å². The van der Waals surface area contributed by atoms with Crippen molar-refractivity contribution in [1.29, 1.82) is 0 Å². The van der Waals surface area contributed by atoms with Crippen molar-refractivity contribution in [3.05, 3.63) is 0 Å². The maximum Gasteiger partial charge on any atom is 1.00 e. The third-order valence-electron chi connectivity index (χ3n) is 0.264. The van der Waals surface area contributed by atoms with Crippen LogP contribution in [0.5, 0.6) is 0 Å². The van der Waals surface area contributed by atoms with Crippen LogP contribution in [0.1, 0.15) is 8.35 Å². The predicted octanol–water partition coefficient (Wildman–Crippen LogP) is -5.58. The second-order valence-electron chi connectivity index (χ2n) is 1.38. The van der Waals surface area contributed by atoms with E-state index < -0.39 is 13.4 Å². The second kappa shape index (κ2) is 12.5. The smallest absolute Gasteiger partial charge is 1.00 e. The second-order valence-corrected chi connectivity index (χ2v) is 1.38. The van der Waals surface area contributed by atoms with Crippen molar-refractivity contribution in [2.75, 3.05) is 6.61 Å². The summed E-state index contributed by atoms with van der Waals surface area (Å²) in [7, 11) is -2.17. The maximum absolute atomic E-state index is 8.11. The largest absolute Gasteiger partial charge is 1.00 e. The van der Waals surface area contributed by atoms with Gasteiger partial charge in [0.25, 0.3) is 0 Å². The van der Waals surface area contributed by atoms with Gasteiger partial charge in [-0.15, -0.1) is 0 Å². The fourth-order valence-electron chi connectivity index (χ4n) is 0. The van der Waals surface area contributed by atoms with Gasteiger partial charge >= 0.3 is 36.9 Å². The van der Waals surface area contributed by atoms with E-state index in [1.165, 1.54) is 6.92 Å². The van der Waals surface area contributed by atoms with E-state index in [4.69, 9.17) is 25.3 Å². The molecule has 58 valence electrons. The van der Waals surface area contributed by atoms with Crippen LogP contribution < -0.4 is 29.6 Å². The Hall–Kier alpha value is 0.865. The molecule has 0 saturated carbocycles.